The average Bonchev–Trinajstić information content (AvgIpc) is 3.63. The van der Waals surface area contributed by atoms with Crippen molar-refractivity contribution >= 4 is 11.9 Å². The normalized spacial score (nSPS) is 18.4. The third-order valence-corrected chi connectivity index (χ3v) is 5.47. The van der Waals surface area contributed by atoms with Gasteiger partial charge in [-0.2, -0.15) is 5.26 Å². The second kappa shape index (κ2) is 9.70. The van der Waals surface area contributed by atoms with Crippen LogP contribution >= 0.6 is 0 Å². The molecule has 1 saturated carbocycles. The molecule has 7 heteroatoms. The molecule has 3 N–H and O–H groups in total. The fourth-order valence-electron chi connectivity index (χ4n) is 3.51. The zero-order chi connectivity index (χ0) is 20.8. The lowest BCUT2D eigenvalue weighted by atomic mass is 10.0. The summed E-state index contributed by atoms with van der Waals surface area (Å²) in [5.74, 6) is 1.30. The quantitative estimate of drug-likeness (QED) is 0.554. The molecule has 1 unspecified atom stereocenters. The monoisotopic (exact) mass is 405 g/mol. The highest BCUT2D eigenvalue weighted by Gasteiger charge is 2.22. The number of pyridine rings is 1. The Balaban J connectivity index is 1.59. The maximum atomic E-state index is 9.09. The molecule has 0 bridgehead atoms. The Bertz CT molecular complexity index is 912. The van der Waals surface area contributed by atoms with Crippen molar-refractivity contribution in [2.45, 2.75) is 25.4 Å². The average molecular weight is 406 g/mol. The number of hydrogen-bond acceptors (Lipinski definition) is 7. The van der Waals surface area contributed by atoms with Crippen molar-refractivity contribution in [2.24, 2.45) is 5.92 Å². The molecule has 1 aliphatic heterocycles. The van der Waals surface area contributed by atoms with Gasteiger partial charge in [-0.1, -0.05) is 25.0 Å². The number of nitrogens with one attached hydrogen (secondary N) is 3. The third-order valence-electron chi connectivity index (χ3n) is 5.47. The molecule has 2 heterocycles. The largest absolute Gasteiger partial charge is 0.477 e. The highest BCUT2D eigenvalue weighted by atomic mass is 16.5. The molecule has 2 aliphatic rings. The summed E-state index contributed by atoms with van der Waals surface area (Å²) >= 11 is 0. The Kier molecular flexibility index (Phi) is 6.57. The first-order valence-corrected chi connectivity index (χ1v) is 10.5. The van der Waals surface area contributed by atoms with Crippen LogP contribution in [0.3, 0.4) is 0 Å². The van der Waals surface area contributed by atoms with Crippen LogP contribution in [-0.4, -0.2) is 50.2 Å². The van der Waals surface area contributed by atoms with Crippen molar-refractivity contribution in [1.29, 1.82) is 10.7 Å². The summed E-state index contributed by atoms with van der Waals surface area (Å²) < 4.78 is 11.8. The van der Waals surface area contributed by atoms with E-state index in [9.17, 15) is 0 Å². The molecule has 156 valence electrons. The number of hydrogen-bond donors (Lipinski definition) is 3. The van der Waals surface area contributed by atoms with Gasteiger partial charge in [-0.15, -0.1) is 0 Å². The molecule has 2 fully saturated rings. The van der Waals surface area contributed by atoms with Crippen LogP contribution in [0.15, 0.2) is 30.3 Å². The van der Waals surface area contributed by atoms with Gasteiger partial charge in [0.25, 0.3) is 0 Å². The number of nitrogens with zero attached hydrogens (tertiary/aromatic N) is 2. The van der Waals surface area contributed by atoms with Crippen LogP contribution in [0.25, 0.3) is 11.1 Å². The summed E-state index contributed by atoms with van der Waals surface area (Å²) in [7, 11) is 0. The Morgan fingerprint density at radius 3 is 2.83 bits per heavy atom. The molecule has 4 rings (SSSR count). The topological polar surface area (TPSA) is 103 Å². The van der Waals surface area contributed by atoms with Crippen molar-refractivity contribution in [1.82, 2.24) is 10.3 Å². The lowest BCUT2D eigenvalue weighted by Gasteiger charge is -2.24. The van der Waals surface area contributed by atoms with E-state index in [2.05, 4.69) is 21.7 Å². The predicted octanol–water partition coefficient (Wildman–Crippen LogP) is 3.20. The van der Waals surface area contributed by atoms with Gasteiger partial charge < -0.3 is 25.5 Å². The molecule has 1 aliphatic carbocycles. The molecule has 2 aromatic rings. The third kappa shape index (κ3) is 5.15. The Morgan fingerprint density at radius 1 is 1.33 bits per heavy atom. The zero-order valence-electron chi connectivity index (χ0n) is 17.0. The molecular formula is C23H27N5O2. The minimum absolute atomic E-state index is 0.0742. The van der Waals surface area contributed by atoms with Gasteiger partial charge in [-0.25, -0.2) is 4.98 Å². The van der Waals surface area contributed by atoms with E-state index in [1.807, 2.05) is 18.2 Å². The van der Waals surface area contributed by atoms with E-state index in [-0.39, 0.29) is 6.10 Å². The number of morpholine rings is 1. The van der Waals surface area contributed by atoms with Crippen LogP contribution in [-0.2, 0) is 4.74 Å². The fraction of sp³-hybridized carbons (Fsp3) is 0.435. The SMILES string of the molecule is N#Cc1ccc(-c2cc(NCC3CNCCO3)c(C=N)nc2OCCC2CC2)cc1. The minimum Gasteiger partial charge on any atom is -0.477 e. The number of nitriles is 1. The van der Waals surface area contributed by atoms with Crippen LogP contribution in [0.2, 0.25) is 0 Å². The van der Waals surface area contributed by atoms with Crippen molar-refractivity contribution < 1.29 is 9.47 Å². The number of rotatable bonds is 9. The van der Waals surface area contributed by atoms with E-state index in [1.165, 1.54) is 19.1 Å². The predicted molar refractivity (Wildman–Crippen MR) is 116 cm³/mol. The van der Waals surface area contributed by atoms with Gasteiger partial charge in [0.05, 0.1) is 36.6 Å². The first kappa shape index (κ1) is 20.3. The van der Waals surface area contributed by atoms with Gasteiger partial charge in [-0.3, -0.25) is 0 Å². The molecule has 1 aromatic carbocycles. The summed E-state index contributed by atoms with van der Waals surface area (Å²) in [6.45, 7) is 3.62. The molecule has 0 amide bonds. The zero-order valence-corrected chi connectivity index (χ0v) is 17.0. The molecule has 0 radical (unpaired) electrons. The van der Waals surface area contributed by atoms with E-state index >= 15 is 0 Å². The number of aromatic nitrogens is 1. The lowest BCUT2D eigenvalue weighted by molar-refractivity contribution is 0.0372. The van der Waals surface area contributed by atoms with E-state index in [1.54, 1.807) is 12.1 Å². The van der Waals surface area contributed by atoms with Gasteiger partial charge in [0, 0.05) is 31.4 Å². The summed E-state index contributed by atoms with van der Waals surface area (Å²) in [6.07, 6.45) is 4.92. The molecular weight excluding hydrogens is 378 g/mol. The Morgan fingerprint density at radius 2 is 2.17 bits per heavy atom. The van der Waals surface area contributed by atoms with Gasteiger partial charge in [-0.05, 0) is 36.1 Å². The second-order valence-corrected chi connectivity index (χ2v) is 7.77. The Hall–Kier alpha value is -2.95. The number of anilines is 1. The lowest BCUT2D eigenvalue weighted by Crippen LogP contribution is -2.42. The smallest absolute Gasteiger partial charge is 0.222 e. The van der Waals surface area contributed by atoms with Crippen molar-refractivity contribution in [2.75, 3.05) is 38.2 Å². The van der Waals surface area contributed by atoms with Gasteiger partial charge >= 0.3 is 0 Å². The van der Waals surface area contributed by atoms with Crippen molar-refractivity contribution in [3.63, 3.8) is 0 Å². The standard InChI is InChI=1S/C23H27N5O2/c24-12-17-3-5-18(6-4-17)20-11-21(27-15-19-14-26-8-10-29-19)22(13-25)28-23(20)30-9-7-16-1-2-16/h3-6,11,13,16,19,25-27H,1-2,7-10,14-15H2. The summed E-state index contributed by atoms with van der Waals surface area (Å²) in [5.41, 5.74) is 3.70. The van der Waals surface area contributed by atoms with E-state index < -0.39 is 0 Å². The van der Waals surface area contributed by atoms with Gasteiger partial charge in [0.1, 0.15) is 5.69 Å². The molecule has 1 atom stereocenters. The molecule has 30 heavy (non-hydrogen) atoms. The first-order valence-electron chi connectivity index (χ1n) is 10.5. The highest BCUT2D eigenvalue weighted by molar-refractivity contribution is 5.87. The molecule has 1 aromatic heterocycles. The van der Waals surface area contributed by atoms with Crippen LogP contribution in [0.1, 0.15) is 30.5 Å². The summed E-state index contributed by atoms with van der Waals surface area (Å²) in [4.78, 5) is 4.64. The number of ether oxygens (including phenoxy) is 2. The second-order valence-electron chi connectivity index (χ2n) is 7.77. The first-order chi connectivity index (χ1) is 14.8. The van der Waals surface area contributed by atoms with Crippen molar-refractivity contribution in [3.05, 3.63) is 41.6 Å². The van der Waals surface area contributed by atoms with Crippen LogP contribution in [0.5, 0.6) is 5.88 Å². The minimum atomic E-state index is 0.0742. The van der Waals surface area contributed by atoms with E-state index in [4.69, 9.17) is 20.1 Å². The number of benzene rings is 1. The maximum absolute atomic E-state index is 9.09. The molecule has 7 nitrogen and oxygen atoms in total. The molecule has 0 spiro atoms. The van der Waals surface area contributed by atoms with Crippen LogP contribution < -0.4 is 15.4 Å². The summed E-state index contributed by atoms with van der Waals surface area (Å²) in [5, 5.41) is 23.6. The maximum Gasteiger partial charge on any atom is 0.222 e. The van der Waals surface area contributed by atoms with Gasteiger partial charge in [0.15, 0.2) is 0 Å². The van der Waals surface area contributed by atoms with Crippen molar-refractivity contribution in [3.8, 4) is 23.1 Å². The van der Waals surface area contributed by atoms with E-state index in [0.29, 0.717) is 36.9 Å². The molecule has 1 saturated heterocycles. The summed E-state index contributed by atoms with van der Waals surface area (Å²) in [6, 6.07) is 11.5. The van der Waals surface area contributed by atoms with E-state index in [0.717, 1.165) is 42.2 Å². The van der Waals surface area contributed by atoms with Crippen LogP contribution in [0.4, 0.5) is 5.69 Å². The highest BCUT2D eigenvalue weighted by Crippen LogP contribution is 2.35. The van der Waals surface area contributed by atoms with Crippen LogP contribution in [0, 0.1) is 22.7 Å². The Labute approximate surface area is 176 Å². The fourth-order valence-corrected chi connectivity index (χ4v) is 3.51. The van der Waals surface area contributed by atoms with Gasteiger partial charge in [0.2, 0.25) is 5.88 Å².